The summed E-state index contributed by atoms with van der Waals surface area (Å²) < 4.78 is 0. The fourth-order valence-corrected chi connectivity index (χ4v) is 5.76. The third kappa shape index (κ3) is 3.05. The van der Waals surface area contributed by atoms with E-state index >= 15 is 0 Å². The van der Waals surface area contributed by atoms with Gasteiger partial charge in [-0.3, -0.25) is 19.5 Å². The highest BCUT2D eigenvalue weighted by Crippen LogP contribution is 2.61. The SMILES string of the molecule is CCNC(=NCC1(C2CC2)CC1)NCCCN1C(=O)C2C3C=CC(C3)C2C1=O. The van der Waals surface area contributed by atoms with Gasteiger partial charge in [0, 0.05) is 26.2 Å². The van der Waals surface area contributed by atoms with Crippen molar-refractivity contribution in [1.29, 1.82) is 0 Å². The first-order valence-corrected chi connectivity index (χ1v) is 11.2. The molecular formula is C22H32N4O2. The lowest BCUT2D eigenvalue weighted by atomic mass is 9.85. The molecule has 6 heteroatoms. The lowest BCUT2D eigenvalue weighted by Gasteiger charge is -2.18. The maximum absolute atomic E-state index is 12.7. The van der Waals surface area contributed by atoms with Crippen molar-refractivity contribution in [3.05, 3.63) is 12.2 Å². The Bertz CT molecular complexity index is 692. The molecule has 4 atom stereocenters. The van der Waals surface area contributed by atoms with Crippen molar-refractivity contribution in [3.63, 3.8) is 0 Å². The zero-order valence-electron chi connectivity index (χ0n) is 16.8. The Morgan fingerprint density at radius 1 is 1.14 bits per heavy atom. The summed E-state index contributed by atoms with van der Waals surface area (Å²) in [4.78, 5) is 31.8. The average Bonchev–Trinajstić information content (AvgIpc) is 3.59. The second-order valence-corrected chi connectivity index (χ2v) is 9.44. The minimum atomic E-state index is -0.0773. The number of carbonyl (C=O) groups excluding carboxylic acids is 2. The summed E-state index contributed by atoms with van der Waals surface area (Å²) in [6.07, 6.45) is 11.5. The van der Waals surface area contributed by atoms with Gasteiger partial charge in [0.2, 0.25) is 11.8 Å². The largest absolute Gasteiger partial charge is 0.357 e. The third-order valence-corrected chi connectivity index (χ3v) is 7.64. The van der Waals surface area contributed by atoms with Crippen molar-refractivity contribution in [2.45, 2.75) is 45.4 Å². The number of rotatable bonds is 8. The molecule has 5 rings (SSSR count). The fourth-order valence-electron chi connectivity index (χ4n) is 5.76. The molecule has 0 radical (unpaired) electrons. The van der Waals surface area contributed by atoms with Gasteiger partial charge in [0.05, 0.1) is 11.8 Å². The van der Waals surface area contributed by atoms with E-state index in [1.807, 2.05) is 0 Å². The number of guanidine groups is 1. The van der Waals surface area contributed by atoms with Crippen molar-refractivity contribution in [2.75, 3.05) is 26.2 Å². The second-order valence-electron chi connectivity index (χ2n) is 9.44. The van der Waals surface area contributed by atoms with Crippen LogP contribution in [0.4, 0.5) is 0 Å². The molecular weight excluding hydrogens is 352 g/mol. The van der Waals surface area contributed by atoms with Crippen LogP contribution in [0.2, 0.25) is 0 Å². The molecule has 2 N–H and O–H groups in total. The van der Waals surface area contributed by atoms with Crippen LogP contribution >= 0.6 is 0 Å². The lowest BCUT2D eigenvalue weighted by Crippen LogP contribution is -2.40. The molecule has 2 amide bonds. The fraction of sp³-hybridized carbons (Fsp3) is 0.773. The highest BCUT2D eigenvalue weighted by molar-refractivity contribution is 6.06. The molecule has 1 aliphatic heterocycles. The van der Waals surface area contributed by atoms with Crippen molar-refractivity contribution in [3.8, 4) is 0 Å². The molecule has 0 spiro atoms. The van der Waals surface area contributed by atoms with Gasteiger partial charge in [0.25, 0.3) is 0 Å². The van der Waals surface area contributed by atoms with Crippen LogP contribution in [0.25, 0.3) is 0 Å². The van der Waals surface area contributed by atoms with Crippen LogP contribution in [0, 0.1) is 35.0 Å². The van der Waals surface area contributed by atoms with Crippen molar-refractivity contribution < 1.29 is 9.59 Å². The summed E-state index contributed by atoms with van der Waals surface area (Å²) in [6.45, 7) is 5.08. The lowest BCUT2D eigenvalue weighted by molar-refractivity contribution is -0.140. The molecule has 1 saturated heterocycles. The molecule has 0 aromatic carbocycles. The number of amides is 2. The Morgan fingerprint density at radius 3 is 2.39 bits per heavy atom. The predicted octanol–water partition coefficient (Wildman–Crippen LogP) is 1.93. The molecule has 6 nitrogen and oxygen atoms in total. The number of aliphatic imine (C=N–C) groups is 1. The van der Waals surface area contributed by atoms with Crippen LogP contribution in [0.15, 0.2) is 17.1 Å². The molecule has 4 fully saturated rings. The standard InChI is InChI=1S/C22H32N4O2/c1-2-23-21(25-13-22(8-9-22)16-6-7-16)24-10-3-11-26-19(27)17-14-4-5-15(12-14)18(17)20(26)28/h4-5,14-18H,2-3,6-13H2,1H3,(H2,23,24,25). The summed E-state index contributed by atoms with van der Waals surface area (Å²) in [7, 11) is 0. The Morgan fingerprint density at radius 2 is 1.82 bits per heavy atom. The number of carbonyl (C=O) groups is 2. The van der Waals surface area contributed by atoms with Gasteiger partial charge in [-0.2, -0.15) is 0 Å². The Balaban J connectivity index is 1.10. The summed E-state index contributed by atoms with van der Waals surface area (Å²) in [5, 5.41) is 6.72. The van der Waals surface area contributed by atoms with E-state index in [2.05, 4.69) is 29.7 Å². The maximum atomic E-state index is 12.7. The van der Waals surface area contributed by atoms with E-state index in [1.54, 1.807) is 0 Å². The minimum Gasteiger partial charge on any atom is -0.357 e. The van der Waals surface area contributed by atoms with E-state index in [1.165, 1.54) is 30.6 Å². The zero-order valence-corrected chi connectivity index (χ0v) is 16.8. The normalized spacial score (nSPS) is 34.9. The molecule has 1 heterocycles. The molecule has 28 heavy (non-hydrogen) atoms. The van der Waals surface area contributed by atoms with Crippen LogP contribution in [0.3, 0.4) is 0 Å². The number of fused-ring (bicyclic) bond motifs is 5. The molecule has 0 aromatic rings. The van der Waals surface area contributed by atoms with Gasteiger partial charge < -0.3 is 10.6 Å². The monoisotopic (exact) mass is 384 g/mol. The number of nitrogens with one attached hydrogen (secondary N) is 2. The number of hydrogen-bond donors (Lipinski definition) is 2. The summed E-state index contributed by atoms with van der Waals surface area (Å²) in [6, 6.07) is 0. The molecule has 4 aliphatic carbocycles. The van der Waals surface area contributed by atoms with Gasteiger partial charge in [0.1, 0.15) is 0 Å². The van der Waals surface area contributed by atoms with Gasteiger partial charge in [-0.15, -0.1) is 0 Å². The molecule has 5 aliphatic rings. The van der Waals surface area contributed by atoms with Gasteiger partial charge >= 0.3 is 0 Å². The van der Waals surface area contributed by atoms with E-state index in [0.717, 1.165) is 44.4 Å². The van der Waals surface area contributed by atoms with Gasteiger partial charge in [-0.1, -0.05) is 12.2 Å². The van der Waals surface area contributed by atoms with Crippen LogP contribution < -0.4 is 10.6 Å². The smallest absolute Gasteiger partial charge is 0.233 e. The maximum Gasteiger partial charge on any atom is 0.233 e. The molecule has 0 aromatic heterocycles. The number of hydrogen-bond acceptors (Lipinski definition) is 3. The number of likely N-dealkylation sites (tertiary alicyclic amines) is 1. The topological polar surface area (TPSA) is 73.8 Å². The number of allylic oxidation sites excluding steroid dienone is 2. The third-order valence-electron chi connectivity index (χ3n) is 7.64. The van der Waals surface area contributed by atoms with E-state index < -0.39 is 0 Å². The zero-order chi connectivity index (χ0) is 19.3. The quantitative estimate of drug-likeness (QED) is 0.220. The first-order valence-electron chi connectivity index (χ1n) is 11.2. The van der Waals surface area contributed by atoms with E-state index in [0.29, 0.717) is 23.8 Å². The van der Waals surface area contributed by atoms with Crippen molar-refractivity contribution >= 4 is 17.8 Å². The van der Waals surface area contributed by atoms with Crippen LogP contribution in [0.1, 0.15) is 45.4 Å². The van der Waals surface area contributed by atoms with Crippen LogP contribution in [-0.4, -0.2) is 48.9 Å². The van der Waals surface area contributed by atoms with Crippen molar-refractivity contribution in [2.24, 2.45) is 40.0 Å². The van der Waals surface area contributed by atoms with Gasteiger partial charge in [-0.05, 0) is 68.6 Å². The van der Waals surface area contributed by atoms with Gasteiger partial charge in [0.15, 0.2) is 5.96 Å². The van der Waals surface area contributed by atoms with E-state index in [9.17, 15) is 9.59 Å². The van der Waals surface area contributed by atoms with E-state index in [4.69, 9.17) is 4.99 Å². The first kappa shape index (κ1) is 18.2. The summed E-state index contributed by atoms with van der Waals surface area (Å²) in [5.74, 6) is 2.34. The van der Waals surface area contributed by atoms with Gasteiger partial charge in [-0.25, -0.2) is 0 Å². The Hall–Kier alpha value is -1.85. The molecule has 2 bridgehead atoms. The Labute approximate surface area is 167 Å². The van der Waals surface area contributed by atoms with Crippen molar-refractivity contribution in [1.82, 2.24) is 15.5 Å². The van der Waals surface area contributed by atoms with E-state index in [-0.39, 0.29) is 23.7 Å². The Kier molecular flexibility index (Phi) is 4.48. The highest BCUT2D eigenvalue weighted by atomic mass is 16.2. The first-order chi connectivity index (χ1) is 13.6. The molecule has 3 saturated carbocycles. The second kappa shape index (κ2) is 6.89. The molecule has 4 unspecified atom stereocenters. The summed E-state index contributed by atoms with van der Waals surface area (Å²) >= 11 is 0. The van der Waals surface area contributed by atoms with Crippen LogP contribution in [0.5, 0.6) is 0 Å². The minimum absolute atomic E-state index is 0.0625. The van der Waals surface area contributed by atoms with Crippen LogP contribution in [-0.2, 0) is 9.59 Å². The average molecular weight is 385 g/mol. The highest BCUT2D eigenvalue weighted by Gasteiger charge is 2.59. The molecule has 152 valence electrons. The number of imide groups is 1. The summed E-state index contributed by atoms with van der Waals surface area (Å²) in [5.41, 5.74) is 0.502. The predicted molar refractivity (Wildman–Crippen MR) is 107 cm³/mol. The number of nitrogens with zero attached hydrogens (tertiary/aromatic N) is 2.